The molecule has 1 aliphatic carbocycles. The standard InChI is InChI=1S/C17H23N3OS2/c1-12-15(16(21)18-10-9-14-8-5-11-22-14)23-17(19-12)20-13-6-3-2-4-7-13/h5,8,11,13H,2-4,6-7,9-10H2,1H3,(H,18,21)(H,19,20). The molecule has 0 aromatic carbocycles. The largest absolute Gasteiger partial charge is 0.359 e. The Morgan fingerprint density at radius 1 is 1.35 bits per heavy atom. The van der Waals surface area contributed by atoms with E-state index >= 15 is 0 Å². The lowest BCUT2D eigenvalue weighted by atomic mass is 9.96. The van der Waals surface area contributed by atoms with Crippen molar-refractivity contribution in [3.63, 3.8) is 0 Å². The quantitative estimate of drug-likeness (QED) is 0.820. The molecule has 1 amide bonds. The minimum atomic E-state index is -0.00625. The number of carbonyl (C=O) groups excluding carboxylic acids is 1. The maximum Gasteiger partial charge on any atom is 0.263 e. The molecule has 3 rings (SSSR count). The Morgan fingerprint density at radius 3 is 2.91 bits per heavy atom. The lowest BCUT2D eigenvalue weighted by molar-refractivity contribution is 0.0957. The van der Waals surface area contributed by atoms with Crippen molar-refractivity contribution in [3.8, 4) is 0 Å². The van der Waals surface area contributed by atoms with Crippen LogP contribution in [-0.2, 0) is 6.42 Å². The number of rotatable bonds is 6. The molecule has 1 saturated carbocycles. The predicted octanol–water partition coefficient (Wildman–Crippen LogP) is 4.23. The van der Waals surface area contributed by atoms with E-state index in [-0.39, 0.29) is 5.91 Å². The van der Waals surface area contributed by atoms with Crippen LogP contribution in [0.2, 0.25) is 0 Å². The van der Waals surface area contributed by atoms with E-state index in [0.29, 0.717) is 12.6 Å². The Hall–Kier alpha value is -1.40. The van der Waals surface area contributed by atoms with Crippen LogP contribution in [0.15, 0.2) is 17.5 Å². The number of anilines is 1. The van der Waals surface area contributed by atoms with E-state index in [1.807, 2.05) is 13.0 Å². The van der Waals surface area contributed by atoms with Crippen LogP contribution < -0.4 is 10.6 Å². The molecular weight excluding hydrogens is 326 g/mol. The fraction of sp³-hybridized carbons (Fsp3) is 0.529. The minimum absolute atomic E-state index is 0.00625. The van der Waals surface area contributed by atoms with E-state index in [1.54, 1.807) is 11.3 Å². The van der Waals surface area contributed by atoms with E-state index in [2.05, 4.69) is 27.1 Å². The Bertz CT molecular complexity index is 630. The Balaban J connectivity index is 1.53. The Labute approximate surface area is 145 Å². The van der Waals surface area contributed by atoms with Crippen LogP contribution in [0.25, 0.3) is 0 Å². The lowest BCUT2D eigenvalue weighted by Gasteiger charge is -2.22. The van der Waals surface area contributed by atoms with Gasteiger partial charge in [0.2, 0.25) is 0 Å². The molecule has 0 radical (unpaired) electrons. The van der Waals surface area contributed by atoms with Crippen molar-refractivity contribution in [2.24, 2.45) is 0 Å². The smallest absolute Gasteiger partial charge is 0.263 e. The van der Waals surface area contributed by atoms with Crippen molar-refractivity contribution in [1.29, 1.82) is 0 Å². The van der Waals surface area contributed by atoms with Crippen molar-refractivity contribution in [1.82, 2.24) is 10.3 Å². The number of aromatic nitrogens is 1. The van der Waals surface area contributed by atoms with Gasteiger partial charge in [-0.2, -0.15) is 0 Å². The normalized spacial score (nSPS) is 15.5. The van der Waals surface area contributed by atoms with Gasteiger partial charge >= 0.3 is 0 Å². The molecule has 2 heterocycles. The van der Waals surface area contributed by atoms with Crippen molar-refractivity contribution in [3.05, 3.63) is 33.0 Å². The van der Waals surface area contributed by atoms with Crippen LogP contribution in [0.1, 0.15) is 52.3 Å². The SMILES string of the molecule is Cc1nc(NC2CCCCC2)sc1C(=O)NCCc1cccs1. The second kappa shape index (κ2) is 7.93. The van der Waals surface area contributed by atoms with E-state index in [0.717, 1.165) is 22.1 Å². The maximum atomic E-state index is 12.3. The number of carbonyl (C=O) groups is 1. The zero-order valence-corrected chi connectivity index (χ0v) is 15.1. The molecule has 2 aromatic rings. The number of amides is 1. The first-order chi connectivity index (χ1) is 11.2. The molecule has 0 unspecified atom stereocenters. The second-order valence-corrected chi connectivity index (χ2v) is 8.03. The van der Waals surface area contributed by atoms with Gasteiger partial charge in [-0.1, -0.05) is 36.7 Å². The van der Waals surface area contributed by atoms with Gasteiger partial charge in [0.05, 0.1) is 5.69 Å². The van der Waals surface area contributed by atoms with Crippen molar-refractivity contribution < 1.29 is 4.79 Å². The summed E-state index contributed by atoms with van der Waals surface area (Å²) < 4.78 is 0. The van der Waals surface area contributed by atoms with Gasteiger partial charge in [0.15, 0.2) is 5.13 Å². The third-order valence-corrected chi connectivity index (χ3v) is 6.20. The molecule has 1 fully saturated rings. The Morgan fingerprint density at radius 2 is 2.17 bits per heavy atom. The highest BCUT2D eigenvalue weighted by Gasteiger charge is 2.18. The highest BCUT2D eigenvalue weighted by Crippen LogP contribution is 2.26. The number of nitrogens with one attached hydrogen (secondary N) is 2. The molecule has 2 aromatic heterocycles. The molecule has 0 aliphatic heterocycles. The van der Waals surface area contributed by atoms with Gasteiger partial charge < -0.3 is 10.6 Å². The number of hydrogen-bond donors (Lipinski definition) is 2. The van der Waals surface area contributed by atoms with E-state index in [4.69, 9.17) is 0 Å². The van der Waals surface area contributed by atoms with Crippen LogP contribution in [0.4, 0.5) is 5.13 Å². The first kappa shape index (κ1) is 16.5. The molecule has 0 atom stereocenters. The third kappa shape index (κ3) is 4.54. The molecule has 4 nitrogen and oxygen atoms in total. The first-order valence-electron chi connectivity index (χ1n) is 8.27. The van der Waals surface area contributed by atoms with Crippen molar-refractivity contribution >= 4 is 33.7 Å². The molecule has 23 heavy (non-hydrogen) atoms. The highest BCUT2D eigenvalue weighted by molar-refractivity contribution is 7.17. The topological polar surface area (TPSA) is 54.0 Å². The summed E-state index contributed by atoms with van der Waals surface area (Å²) in [4.78, 5) is 18.9. The number of nitrogens with zero attached hydrogens (tertiary/aromatic N) is 1. The van der Waals surface area contributed by atoms with Crippen LogP contribution in [-0.4, -0.2) is 23.5 Å². The summed E-state index contributed by atoms with van der Waals surface area (Å²) in [5, 5.41) is 9.46. The van der Waals surface area contributed by atoms with Crippen LogP contribution in [0, 0.1) is 6.92 Å². The van der Waals surface area contributed by atoms with Crippen molar-refractivity contribution in [2.45, 2.75) is 51.5 Å². The fourth-order valence-electron chi connectivity index (χ4n) is 2.92. The summed E-state index contributed by atoms with van der Waals surface area (Å²) in [5.41, 5.74) is 0.821. The summed E-state index contributed by atoms with van der Waals surface area (Å²) in [7, 11) is 0. The van der Waals surface area contributed by atoms with Crippen LogP contribution in [0.5, 0.6) is 0 Å². The zero-order chi connectivity index (χ0) is 16.1. The summed E-state index contributed by atoms with van der Waals surface area (Å²) in [5.74, 6) is -0.00625. The Kier molecular flexibility index (Phi) is 5.67. The molecule has 2 N–H and O–H groups in total. The van der Waals surface area contributed by atoms with E-state index in [1.165, 1.54) is 48.3 Å². The van der Waals surface area contributed by atoms with Gasteiger partial charge in [0.25, 0.3) is 5.91 Å². The average Bonchev–Trinajstić information content (AvgIpc) is 3.18. The van der Waals surface area contributed by atoms with Gasteiger partial charge in [0, 0.05) is 17.5 Å². The van der Waals surface area contributed by atoms with Gasteiger partial charge in [-0.3, -0.25) is 4.79 Å². The van der Waals surface area contributed by atoms with Gasteiger partial charge in [-0.25, -0.2) is 4.98 Å². The van der Waals surface area contributed by atoms with Gasteiger partial charge in [0.1, 0.15) is 4.88 Å². The molecule has 0 bridgehead atoms. The number of thiophene rings is 1. The molecule has 0 saturated heterocycles. The average molecular weight is 350 g/mol. The highest BCUT2D eigenvalue weighted by atomic mass is 32.1. The fourth-order valence-corrected chi connectivity index (χ4v) is 4.59. The molecule has 0 spiro atoms. The van der Waals surface area contributed by atoms with E-state index < -0.39 is 0 Å². The van der Waals surface area contributed by atoms with Crippen molar-refractivity contribution in [2.75, 3.05) is 11.9 Å². The van der Waals surface area contributed by atoms with E-state index in [9.17, 15) is 4.79 Å². The van der Waals surface area contributed by atoms with Gasteiger partial charge in [-0.15, -0.1) is 11.3 Å². The molecule has 6 heteroatoms. The number of aryl methyl sites for hydroxylation is 1. The number of thiazole rings is 1. The summed E-state index contributed by atoms with van der Waals surface area (Å²) >= 11 is 3.20. The lowest BCUT2D eigenvalue weighted by Crippen LogP contribution is -2.25. The minimum Gasteiger partial charge on any atom is -0.359 e. The summed E-state index contributed by atoms with van der Waals surface area (Å²) in [6.45, 7) is 2.58. The van der Waals surface area contributed by atoms with Crippen LogP contribution >= 0.6 is 22.7 Å². The molecule has 124 valence electrons. The van der Waals surface area contributed by atoms with Crippen LogP contribution in [0.3, 0.4) is 0 Å². The second-order valence-electron chi connectivity index (χ2n) is 6.00. The maximum absolute atomic E-state index is 12.3. The molecular formula is C17H23N3OS2. The monoisotopic (exact) mass is 349 g/mol. The van der Waals surface area contributed by atoms with Gasteiger partial charge in [-0.05, 0) is 37.6 Å². The zero-order valence-electron chi connectivity index (χ0n) is 13.4. The predicted molar refractivity (Wildman–Crippen MR) is 97.7 cm³/mol. The summed E-state index contributed by atoms with van der Waals surface area (Å²) in [6, 6.07) is 4.66. The molecule has 1 aliphatic rings. The number of hydrogen-bond acceptors (Lipinski definition) is 5. The third-order valence-electron chi connectivity index (χ3n) is 4.17. The summed E-state index contributed by atoms with van der Waals surface area (Å²) in [6.07, 6.45) is 7.22. The first-order valence-corrected chi connectivity index (χ1v) is 9.96.